The van der Waals surface area contributed by atoms with Gasteiger partial charge in [0.2, 0.25) is 5.91 Å². The van der Waals surface area contributed by atoms with Crippen LogP contribution in [0.2, 0.25) is 0 Å². The van der Waals surface area contributed by atoms with Crippen molar-refractivity contribution in [3.63, 3.8) is 0 Å². The van der Waals surface area contributed by atoms with E-state index in [2.05, 4.69) is 5.32 Å². The first-order valence-electron chi connectivity index (χ1n) is 11.0. The number of hydrogen-bond donors (Lipinski definition) is 4. The van der Waals surface area contributed by atoms with E-state index in [0.717, 1.165) is 0 Å². The van der Waals surface area contributed by atoms with Crippen molar-refractivity contribution in [2.24, 2.45) is 11.8 Å². The molecule has 4 N–H and O–H groups in total. The summed E-state index contributed by atoms with van der Waals surface area (Å²) < 4.78 is 11.4. The SMILES string of the molecule is C/C(=C\C(=O)NCC(=O)c1ccsc1)C[C@@H]1OC[C@H](C[C@@H]2O[C@H]2[C@@H](C)[C@H](C)O)[C@@H](O)[C@H]1O. The van der Waals surface area contributed by atoms with E-state index in [1.54, 1.807) is 30.7 Å². The number of carbonyl (C=O) groups excluding carboxylic acids is 2. The molecule has 32 heavy (non-hydrogen) atoms. The van der Waals surface area contributed by atoms with Gasteiger partial charge in [-0.25, -0.2) is 0 Å². The molecule has 1 aromatic heterocycles. The zero-order valence-corrected chi connectivity index (χ0v) is 19.5. The predicted octanol–water partition coefficient (Wildman–Crippen LogP) is 1.29. The molecule has 0 aromatic carbocycles. The van der Waals surface area contributed by atoms with Crippen LogP contribution in [0.1, 0.15) is 44.0 Å². The minimum atomic E-state index is -1.08. The summed E-state index contributed by atoms with van der Waals surface area (Å²) in [6.45, 7) is 5.60. The number of amides is 1. The Morgan fingerprint density at radius 2 is 2.03 bits per heavy atom. The summed E-state index contributed by atoms with van der Waals surface area (Å²) in [5.41, 5.74) is 1.25. The summed E-state index contributed by atoms with van der Waals surface area (Å²) >= 11 is 1.42. The Bertz CT molecular complexity index is 809. The van der Waals surface area contributed by atoms with Crippen molar-refractivity contribution in [1.82, 2.24) is 5.32 Å². The average Bonchev–Trinajstić information content (AvgIpc) is 3.28. The van der Waals surface area contributed by atoms with Gasteiger partial charge in [0, 0.05) is 28.9 Å². The first kappa shape index (κ1) is 25.0. The zero-order chi connectivity index (χ0) is 23.4. The van der Waals surface area contributed by atoms with E-state index in [0.29, 0.717) is 24.0 Å². The molecular formula is C23H33NO7S. The van der Waals surface area contributed by atoms with Crippen LogP contribution in [0.3, 0.4) is 0 Å². The molecule has 0 saturated carbocycles. The number of aliphatic hydroxyl groups excluding tert-OH is 3. The number of thiophene rings is 1. The number of hydrogen-bond acceptors (Lipinski definition) is 8. The highest BCUT2D eigenvalue weighted by Gasteiger charge is 2.48. The number of ketones is 1. The second-order valence-electron chi connectivity index (χ2n) is 8.94. The molecule has 0 radical (unpaired) electrons. The van der Waals surface area contributed by atoms with Crippen LogP contribution in [0.25, 0.3) is 0 Å². The van der Waals surface area contributed by atoms with Crippen molar-refractivity contribution in [2.75, 3.05) is 13.2 Å². The maximum Gasteiger partial charge on any atom is 0.244 e. The van der Waals surface area contributed by atoms with Gasteiger partial charge in [-0.3, -0.25) is 9.59 Å². The van der Waals surface area contributed by atoms with E-state index in [1.165, 1.54) is 17.4 Å². The standard InChI is InChI=1S/C23H33NO7S/c1-12(7-20(27)24-9-17(26)15-4-5-32-11-15)6-18-22(29)21(28)16(10-30-18)8-19-23(31-19)13(2)14(3)25/h4-5,7,11,13-14,16,18-19,21-23,25,28-29H,6,8-10H2,1-3H3,(H,24,27)/b12-7+/t13-,14-,16-,18-,19-,21+,22-,23-/m0/s1. The lowest BCUT2D eigenvalue weighted by Crippen LogP contribution is -2.50. The number of carbonyl (C=O) groups is 2. The van der Waals surface area contributed by atoms with E-state index in [9.17, 15) is 24.9 Å². The van der Waals surface area contributed by atoms with Crippen LogP contribution >= 0.6 is 11.3 Å². The summed E-state index contributed by atoms with van der Waals surface area (Å²) in [5, 5.41) is 36.9. The first-order chi connectivity index (χ1) is 15.2. The average molecular weight is 468 g/mol. The van der Waals surface area contributed by atoms with Crippen molar-refractivity contribution < 1.29 is 34.4 Å². The minimum Gasteiger partial charge on any atom is -0.393 e. The molecule has 0 unspecified atom stereocenters. The third-order valence-electron chi connectivity index (χ3n) is 6.34. The van der Waals surface area contributed by atoms with Gasteiger partial charge in [-0.15, -0.1) is 0 Å². The number of rotatable bonds is 10. The number of Topliss-reactive ketones (excluding diaryl/α,β-unsaturated/α-hetero) is 1. The molecule has 0 bridgehead atoms. The van der Waals surface area contributed by atoms with Gasteiger partial charge in [0.1, 0.15) is 6.10 Å². The van der Waals surface area contributed by atoms with E-state index < -0.39 is 24.4 Å². The molecule has 2 aliphatic heterocycles. The molecule has 8 atom stereocenters. The molecular weight excluding hydrogens is 434 g/mol. The fourth-order valence-corrected chi connectivity index (χ4v) is 4.72. The number of ether oxygens (including phenoxy) is 2. The smallest absolute Gasteiger partial charge is 0.244 e. The van der Waals surface area contributed by atoms with E-state index in [1.807, 2.05) is 6.92 Å². The van der Waals surface area contributed by atoms with Crippen LogP contribution in [0.15, 0.2) is 28.5 Å². The van der Waals surface area contributed by atoms with E-state index >= 15 is 0 Å². The van der Waals surface area contributed by atoms with Gasteiger partial charge < -0.3 is 30.1 Å². The fourth-order valence-electron chi connectivity index (χ4n) is 4.06. The van der Waals surface area contributed by atoms with Crippen LogP contribution in [0.5, 0.6) is 0 Å². The molecule has 0 aliphatic carbocycles. The Kier molecular flexibility index (Phi) is 8.60. The van der Waals surface area contributed by atoms with Crippen molar-refractivity contribution >= 4 is 23.0 Å². The summed E-state index contributed by atoms with van der Waals surface area (Å²) in [6, 6.07) is 1.71. The molecule has 1 amide bonds. The molecule has 178 valence electrons. The molecule has 0 spiro atoms. The van der Waals surface area contributed by atoms with Crippen molar-refractivity contribution in [2.45, 2.75) is 70.2 Å². The van der Waals surface area contributed by atoms with Crippen LogP contribution in [-0.4, -0.2) is 76.8 Å². The van der Waals surface area contributed by atoms with Crippen molar-refractivity contribution in [1.29, 1.82) is 0 Å². The molecule has 8 nitrogen and oxygen atoms in total. The lowest BCUT2D eigenvalue weighted by Gasteiger charge is -2.38. The number of epoxide rings is 1. The quantitative estimate of drug-likeness (QED) is 0.232. The Labute approximate surface area is 192 Å². The molecule has 2 aliphatic rings. The Balaban J connectivity index is 1.43. The van der Waals surface area contributed by atoms with E-state index in [-0.39, 0.29) is 48.9 Å². The third kappa shape index (κ3) is 6.46. The lowest BCUT2D eigenvalue weighted by molar-refractivity contribution is -0.165. The normalized spacial score (nSPS) is 32.2. The minimum absolute atomic E-state index is 0.0128. The second kappa shape index (κ2) is 11.0. The van der Waals surface area contributed by atoms with E-state index in [4.69, 9.17) is 9.47 Å². The number of nitrogens with one attached hydrogen (secondary N) is 1. The molecule has 9 heteroatoms. The lowest BCUT2D eigenvalue weighted by atomic mass is 9.85. The highest BCUT2D eigenvalue weighted by atomic mass is 32.1. The largest absolute Gasteiger partial charge is 0.393 e. The monoisotopic (exact) mass is 467 g/mol. The van der Waals surface area contributed by atoms with Gasteiger partial charge in [0.15, 0.2) is 5.78 Å². The van der Waals surface area contributed by atoms with Crippen LogP contribution < -0.4 is 5.32 Å². The van der Waals surface area contributed by atoms with Crippen molar-refractivity contribution in [3.8, 4) is 0 Å². The molecule has 2 saturated heterocycles. The van der Waals surface area contributed by atoms with Crippen molar-refractivity contribution in [3.05, 3.63) is 34.0 Å². The Morgan fingerprint density at radius 1 is 1.28 bits per heavy atom. The summed E-state index contributed by atoms with van der Waals surface area (Å²) in [7, 11) is 0. The summed E-state index contributed by atoms with van der Waals surface area (Å²) in [6.07, 6.45) is -0.966. The van der Waals surface area contributed by atoms with Gasteiger partial charge in [0.25, 0.3) is 0 Å². The summed E-state index contributed by atoms with van der Waals surface area (Å²) in [5.74, 6) is -0.790. The van der Waals surface area contributed by atoms with Gasteiger partial charge in [-0.05, 0) is 38.1 Å². The van der Waals surface area contributed by atoms with Gasteiger partial charge in [-0.1, -0.05) is 12.5 Å². The zero-order valence-electron chi connectivity index (χ0n) is 18.6. The van der Waals surface area contributed by atoms with Crippen LogP contribution in [0, 0.1) is 11.8 Å². The molecule has 2 fully saturated rings. The Morgan fingerprint density at radius 3 is 2.69 bits per heavy atom. The molecule has 3 heterocycles. The predicted molar refractivity (Wildman–Crippen MR) is 119 cm³/mol. The topological polar surface area (TPSA) is 129 Å². The highest BCUT2D eigenvalue weighted by molar-refractivity contribution is 7.08. The number of aliphatic hydroxyl groups is 3. The first-order valence-corrected chi connectivity index (χ1v) is 11.9. The van der Waals surface area contributed by atoms with Gasteiger partial charge in [0.05, 0.1) is 43.7 Å². The van der Waals surface area contributed by atoms with Crippen LogP contribution in [-0.2, 0) is 14.3 Å². The van der Waals surface area contributed by atoms with Crippen LogP contribution in [0.4, 0.5) is 0 Å². The fraction of sp³-hybridized carbons (Fsp3) is 0.652. The van der Waals surface area contributed by atoms with Gasteiger partial charge in [-0.2, -0.15) is 11.3 Å². The molecule has 3 rings (SSSR count). The maximum atomic E-state index is 12.1. The van der Waals surface area contributed by atoms with Gasteiger partial charge >= 0.3 is 0 Å². The summed E-state index contributed by atoms with van der Waals surface area (Å²) in [4.78, 5) is 24.1. The second-order valence-corrected chi connectivity index (χ2v) is 9.72. The third-order valence-corrected chi connectivity index (χ3v) is 7.02. The maximum absolute atomic E-state index is 12.1. The molecule has 1 aromatic rings. The highest BCUT2D eigenvalue weighted by Crippen LogP contribution is 2.38. The Hall–Kier alpha value is -1.62.